The number of hydrogen-bond donors (Lipinski definition) is 3. The van der Waals surface area contributed by atoms with Crippen LogP contribution >= 0.6 is 0 Å². The van der Waals surface area contributed by atoms with Gasteiger partial charge in [0.05, 0.1) is 6.61 Å². The number of hydrogen-bond acceptors (Lipinski definition) is 5. The summed E-state index contributed by atoms with van der Waals surface area (Å²) >= 11 is 0. The van der Waals surface area contributed by atoms with Gasteiger partial charge < -0.3 is 11.5 Å². The number of nitrogens with one attached hydrogen (secondary N) is 1. The third kappa shape index (κ3) is 4.62. The van der Waals surface area contributed by atoms with Gasteiger partial charge in [-0.1, -0.05) is 0 Å². The molecule has 1 unspecified atom stereocenters. The third-order valence-electron chi connectivity index (χ3n) is 1.62. The van der Waals surface area contributed by atoms with E-state index in [4.69, 9.17) is 4.55 Å². The first kappa shape index (κ1) is 11.8. The van der Waals surface area contributed by atoms with Gasteiger partial charge in [0.25, 0.3) is 0 Å². The summed E-state index contributed by atoms with van der Waals surface area (Å²) in [5.41, 5.74) is 0. The Kier molecular flexibility index (Phi) is 4.64. The molecule has 1 atom stereocenters. The minimum atomic E-state index is -4.24. The van der Waals surface area contributed by atoms with Gasteiger partial charge >= 0.3 is 10.4 Å². The van der Waals surface area contributed by atoms with Gasteiger partial charge in [-0.25, -0.2) is 4.18 Å². The van der Waals surface area contributed by atoms with Gasteiger partial charge in [0.2, 0.25) is 0 Å². The summed E-state index contributed by atoms with van der Waals surface area (Å²) in [7, 11) is -4.24. The fraction of sp³-hybridized carbons (Fsp3) is 1.00. The monoisotopic (exact) mass is 198 g/mol. The van der Waals surface area contributed by atoms with Crippen molar-refractivity contribution in [2.24, 2.45) is 5.92 Å². The molecule has 0 bridgehead atoms. The van der Waals surface area contributed by atoms with Crippen molar-refractivity contribution in [3.05, 3.63) is 0 Å². The van der Waals surface area contributed by atoms with E-state index in [0.717, 1.165) is 19.5 Å². The van der Waals surface area contributed by atoms with Crippen LogP contribution in [0.1, 0.15) is 6.42 Å². The first-order valence-electron chi connectivity index (χ1n) is 3.40. The minimum Gasteiger partial charge on any atom is -0.344 e. The molecule has 1 aliphatic rings. The second kappa shape index (κ2) is 4.73. The lowest BCUT2D eigenvalue weighted by Crippen LogP contribution is -2.16. The SMILES string of the molecule is N.O=S(=O)(O)OCC1CCNC1. The average Bonchev–Trinajstić information content (AvgIpc) is 2.32. The van der Waals surface area contributed by atoms with Crippen LogP contribution in [0.3, 0.4) is 0 Å². The highest BCUT2D eigenvalue weighted by atomic mass is 32.3. The van der Waals surface area contributed by atoms with Crippen LogP contribution in [0.15, 0.2) is 0 Å². The lowest BCUT2D eigenvalue weighted by Gasteiger charge is -2.05. The molecule has 0 aromatic carbocycles. The van der Waals surface area contributed by atoms with Gasteiger partial charge in [-0.15, -0.1) is 0 Å². The largest absolute Gasteiger partial charge is 0.397 e. The molecule has 74 valence electrons. The third-order valence-corrected chi connectivity index (χ3v) is 2.05. The van der Waals surface area contributed by atoms with E-state index in [0.29, 0.717) is 0 Å². The van der Waals surface area contributed by atoms with E-state index in [9.17, 15) is 8.42 Å². The molecule has 5 N–H and O–H groups in total. The van der Waals surface area contributed by atoms with Gasteiger partial charge in [0, 0.05) is 6.54 Å². The molecule has 1 saturated heterocycles. The zero-order valence-electron chi connectivity index (χ0n) is 6.69. The molecular formula is C5H14N2O4S. The van der Waals surface area contributed by atoms with Crippen molar-refractivity contribution in [3.8, 4) is 0 Å². The Balaban J connectivity index is 0.00000121. The summed E-state index contributed by atoms with van der Waals surface area (Å²) in [6, 6.07) is 0. The van der Waals surface area contributed by atoms with Crippen LogP contribution in [0, 0.1) is 5.92 Å². The van der Waals surface area contributed by atoms with Crippen molar-refractivity contribution in [2.45, 2.75) is 6.42 Å². The van der Waals surface area contributed by atoms with Gasteiger partial charge in [-0.2, -0.15) is 8.42 Å². The molecule has 0 spiro atoms. The summed E-state index contributed by atoms with van der Waals surface area (Å²) in [5, 5.41) is 3.05. The Labute approximate surface area is 71.8 Å². The zero-order chi connectivity index (χ0) is 8.32. The fourth-order valence-electron chi connectivity index (χ4n) is 1.04. The maximum atomic E-state index is 10.1. The van der Waals surface area contributed by atoms with E-state index < -0.39 is 10.4 Å². The average molecular weight is 198 g/mol. The highest BCUT2D eigenvalue weighted by molar-refractivity contribution is 7.80. The molecule has 7 heteroatoms. The van der Waals surface area contributed by atoms with E-state index in [2.05, 4.69) is 9.50 Å². The van der Waals surface area contributed by atoms with Crippen molar-refractivity contribution in [1.82, 2.24) is 11.5 Å². The zero-order valence-corrected chi connectivity index (χ0v) is 7.51. The maximum Gasteiger partial charge on any atom is 0.397 e. The highest BCUT2D eigenvalue weighted by Gasteiger charge is 2.17. The molecule has 0 aromatic rings. The Morgan fingerprint density at radius 3 is 2.67 bits per heavy atom. The quantitative estimate of drug-likeness (QED) is 0.531. The molecule has 0 amide bonds. The lowest BCUT2D eigenvalue weighted by molar-refractivity contribution is 0.230. The molecule has 1 aliphatic heterocycles. The van der Waals surface area contributed by atoms with Gasteiger partial charge in [-0.3, -0.25) is 4.55 Å². The predicted octanol–water partition coefficient (Wildman–Crippen LogP) is -0.423. The lowest BCUT2D eigenvalue weighted by atomic mass is 10.1. The Bertz CT molecular complexity index is 209. The Morgan fingerprint density at radius 2 is 2.25 bits per heavy atom. The Hall–Kier alpha value is -0.210. The maximum absolute atomic E-state index is 10.1. The molecule has 12 heavy (non-hydrogen) atoms. The fourth-order valence-corrected chi connectivity index (χ4v) is 1.40. The molecule has 0 aliphatic carbocycles. The standard InChI is InChI=1S/C5H11NO4S.H3N/c7-11(8,9)10-4-5-1-2-6-3-5;/h5-6H,1-4H2,(H,7,8,9);1H3. The predicted molar refractivity (Wildman–Crippen MR) is 43.5 cm³/mol. The summed E-state index contributed by atoms with van der Waals surface area (Å²) < 4.78 is 32.6. The van der Waals surface area contributed by atoms with Crippen molar-refractivity contribution in [3.63, 3.8) is 0 Å². The van der Waals surface area contributed by atoms with Crippen molar-refractivity contribution in [2.75, 3.05) is 19.7 Å². The van der Waals surface area contributed by atoms with Crippen molar-refractivity contribution < 1.29 is 17.2 Å². The smallest absolute Gasteiger partial charge is 0.344 e. The summed E-state index contributed by atoms with van der Waals surface area (Å²) in [6.45, 7) is 1.72. The van der Waals surface area contributed by atoms with Crippen LogP contribution in [0.25, 0.3) is 0 Å². The van der Waals surface area contributed by atoms with E-state index in [-0.39, 0.29) is 18.7 Å². The van der Waals surface area contributed by atoms with Crippen molar-refractivity contribution in [1.29, 1.82) is 0 Å². The van der Waals surface area contributed by atoms with Crippen LogP contribution in [0.2, 0.25) is 0 Å². The second-order valence-corrected chi connectivity index (χ2v) is 3.66. The van der Waals surface area contributed by atoms with Gasteiger partial charge in [0.15, 0.2) is 0 Å². The van der Waals surface area contributed by atoms with E-state index in [1.807, 2.05) is 0 Å². The van der Waals surface area contributed by atoms with E-state index >= 15 is 0 Å². The summed E-state index contributed by atoms with van der Waals surface area (Å²) in [4.78, 5) is 0. The minimum absolute atomic E-state index is 0. The molecule has 1 heterocycles. The summed E-state index contributed by atoms with van der Waals surface area (Å²) in [5.74, 6) is 0.205. The molecule has 1 rings (SSSR count). The van der Waals surface area contributed by atoms with Crippen LogP contribution in [-0.4, -0.2) is 32.7 Å². The van der Waals surface area contributed by atoms with Crippen molar-refractivity contribution >= 4 is 10.4 Å². The second-order valence-electron chi connectivity index (χ2n) is 2.57. The van der Waals surface area contributed by atoms with E-state index in [1.165, 1.54) is 0 Å². The normalized spacial score (nSPS) is 23.6. The molecule has 0 saturated carbocycles. The molecule has 6 nitrogen and oxygen atoms in total. The van der Waals surface area contributed by atoms with Crippen LogP contribution in [-0.2, 0) is 14.6 Å². The Morgan fingerprint density at radius 1 is 1.58 bits per heavy atom. The molecule has 1 fully saturated rings. The number of rotatable bonds is 3. The van der Waals surface area contributed by atoms with Crippen LogP contribution in [0.5, 0.6) is 0 Å². The first-order chi connectivity index (χ1) is 5.08. The molecule has 0 radical (unpaired) electrons. The molecular weight excluding hydrogens is 184 g/mol. The van der Waals surface area contributed by atoms with E-state index in [1.54, 1.807) is 0 Å². The summed E-state index contributed by atoms with van der Waals surface area (Å²) in [6.07, 6.45) is 0.898. The van der Waals surface area contributed by atoms with Crippen LogP contribution < -0.4 is 11.5 Å². The molecule has 0 aromatic heterocycles. The topological polar surface area (TPSA) is 111 Å². The first-order valence-corrected chi connectivity index (χ1v) is 4.77. The highest BCUT2D eigenvalue weighted by Crippen LogP contribution is 2.08. The van der Waals surface area contributed by atoms with Gasteiger partial charge in [-0.05, 0) is 18.9 Å². The van der Waals surface area contributed by atoms with Crippen LogP contribution in [0.4, 0.5) is 0 Å². The van der Waals surface area contributed by atoms with Gasteiger partial charge in [0.1, 0.15) is 0 Å².